The molecule has 0 aromatic rings. The maximum absolute atomic E-state index is 11.6. The molecule has 1 rings (SSSR count). The van der Waals surface area contributed by atoms with Gasteiger partial charge in [0.25, 0.3) is 0 Å². The molecular formula is C11H21N2O. The third kappa shape index (κ3) is 3.29. The number of nitrogens with two attached hydrogens (primary N) is 1. The Labute approximate surface area is 86.4 Å². The third-order valence-electron chi connectivity index (χ3n) is 2.77. The van der Waals surface area contributed by atoms with Crippen LogP contribution in [0.1, 0.15) is 39.5 Å². The monoisotopic (exact) mass is 197 g/mol. The number of hydrogen-bond donors (Lipinski definition) is 2. The molecule has 0 aromatic carbocycles. The van der Waals surface area contributed by atoms with Crippen LogP contribution in [0.15, 0.2) is 0 Å². The van der Waals surface area contributed by atoms with E-state index in [1.54, 1.807) is 0 Å². The number of carbonyl (C=O) groups excluding carboxylic acids is 1. The molecule has 0 bridgehead atoms. The van der Waals surface area contributed by atoms with E-state index in [2.05, 4.69) is 11.7 Å². The minimum Gasteiger partial charge on any atom is -0.352 e. The average molecular weight is 197 g/mol. The van der Waals surface area contributed by atoms with Crippen molar-refractivity contribution in [2.75, 3.05) is 0 Å². The molecular weight excluding hydrogens is 176 g/mol. The molecule has 0 aliphatic heterocycles. The van der Waals surface area contributed by atoms with Gasteiger partial charge in [-0.25, -0.2) is 0 Å². The molecule has 81 valence electrons. The molecule has 3 heteroatoms. The van der Waals surface area contributed by atoms with Gasteiger partial charge in [-0.15, -0.1) is 0 Å². The van der Waals surface area contributed by atoms with Gasteiger partial charge in [0.15, 0.2) is 0 Å². The van der Waals surface area contributed by atoms with Crippen LogP contribution in [0.4, 0.5) is 0 Å². The smallest absolute Gasteiger partial charge is 0.237 e. The van der Waals surface area contributed by atoms with Crippen LogP contribution in [0.2, 0.25) is 0 Å². The third-order valence-corrected chi connectivity index (χ3v) is 2.77. The van der Waals surface area contributed by atoms with Gasteiger partial charge >= 0.3 is 0 Å². The number of rotatable bonds is 3. The Kier molecular flexibility index (Phi) is 4.39. The van der Waals surface area contributed by atoms with Crippen molar-refractivity contribution in [2.24, 2.45) is 11.7 Å². The minimum atomic E-state index is -0.370. The second-order valence-corrected chi connectivity index (χ2v) is 4.41. The lowest BCUT2D eigenvalue weighted by atomic mass is 9.94. The van der Waals surface area contributed by atoms with Gasteiger partial charge in [0.05, 0.1) is 6.04 Å². The van der Waals surface area contributed by atoms with E-state index in [9.17, 15) is 4.79 Å². The van der Waals surface area contributed by atoms with E-state index in [1.807, 2.05) is 13.8 Å². The van der Waals surface area contributed by atoms with Gasteiger partial charge in [0.2, 0.25) is 5.91 Å². The van der Waals surface area contributed by atoms with E-state index >= 15 is 0 Å². The molecule has 1 fully saturated rings. The molecule has 0 aromatic heterocycles. The van der Waals surface area contributed by atoms with Crippen molar-refractivity contribution in [1.29, 1.82) is 0 Å². The quantitative estimate of drug-likeness (QED) is 0.715. The normalized spacial score (nSPS) is 20.9. The summed E-state index contributed by atoms with van der Waals surface area (Å²) in [6.07, 6.45) is 6.83. The van der Waals surface area contributed by atoms with Crippen LogP contribution in [0.5, 0.6) is 0 Å². The van der Waals surface area contributed by atoms with Crippen molar-refractivity contribution >= 4 is 5.91 Å². The molecule has 3 N–H and O–H groups in total. The van der Waals surface area contributed by atoms with Crippen molar-refractivity contribution in [2.45, 2.75) is 51.6 Å². The first kappa shape index (κ1) is 11.5. The van der Waals surface area contributed by atoms with Gasteiger partial charge in [-0.1, -0.05) is 26.7 Å². The second kappa shape index (κ2) is 5.35. The highest BCUT2D eigenvalue weighted by molar-refractivity contribution is 5.82. The highest BCUT2D eigenvalue weighted by Gasteiger charge is 2.21. The summed E-state index contributed by atoms with van der Waals surface area (Å²) < 4.78 is 0. The van der Waals surface area contributed by atoms with E-state index in [4.69, 9.17) is 5.73 Å². The summed E-state index contributed by atoms with van der Waals surface area (Å²) in [5.41, 5.74) is 5.75. The Morgan fingerprint density at radius 3 is 2.71 bits per heavy atom. The summed E-state index contributed by atoms with van der Waals surface area (Å²) in [5, 5.41) is 2.98. The molecule has 14 heavy (non-hydrogen) atoms. The zero-order valence-corrected chi connectivity index (χ0v) is 9.12. The predicted molar refractivity (Wildman–Crippen MR) is 57.5 cm³/mol. The van der Waals surface area contributed by atoms with Gasteiger partial charge in [0, 0.05) is 6.04 Å². The maximum Gasteiger partial charge on any atom is 0.237 e. The first-order valence-corrected chi connectivity index (χ1v) is 5.50. The first-order chi connectivity index (χ1) is 6.61. The van der Waals surface area contributed by atoms with E-state index in [-0.39, 0.29) is 23.9 Å². The fourth-order valence-corrected chi connectivity index (χ4v) is 1.66. The van der Waals surface area contributed by atoms with Gasteiger partial charge < -0.3 is 11.1 Å². The SMILES string of the molecule is CC(C)[C@H](N)C(=O)NC1[CH]CCCC1. The topological polar surface area (TPSA) is 55.1 Å². The highest BCUT2D eigenvalue weighted by Crippen LogP contribution is 2.16. The number of amides is 1. The molecule has 2 atom stereocenters. The summed E-state index contributed by atoms with van der Waals surface area (Å²) >= 11 is 0. The molecule has 1 amide bonds. The summed E-state index contributed by atoms with van der Waals surface area (Å²) in [7, 11) is 0. The van der Waals surface area contributed by atoms with E-state index < -0.39 is 0 Å². The fraction of sp³-hybridized carbons (Fsp3) is 0.818. The molecule has 3 nitrogen and oxygen atoms in total. The van der Waals surface area contributed by atoms with E-state index in [0.29, 0.717) is 0 Å². The molecule has 0 saturated heterocycles. The van der Waals surface area contributed by atoms with Crippen molar-refractivity contribution in [3.63, 3.8) is 0 Å². The van der Waals surface area contributed by atoms with Gasteiger partial charge in [-0.05, 0) is 25.2 Å². The van der Waals surface area contributed by atoms with Crippen LogP contribution in [0.3, 0.4) is 0 Å². The number of nitrogens with one attached hydrogen (secondary N) is 1. The standard InChI is InChI=1S/C11H21N2O/c1-8(2)10(12)11(14)13-9-6-4-3-5-7-9/h6,8-10H,3-5,7,12H2,1-2H3,(H,13,14)/t9?,10-/m0/s1. The van der Waals surface area contributed by atoms with Crippen molar-refractivity contribution in [1.82, 2.24) is 5.32 Å². The number of carbonyl (C=O) groups is 1. The molecule has 0 heterocycles. The molecule has 1 aliphatic carbocycles. The van der Waals surface area contributed by atoms with Crippen LogP contribution in [0, 0.1) is 12.3 Å². The molecule has 1 unspecified atom stereocenters. The van der Waals surface area contributed by atoms with Crippen LogP contribution < -0.4 is 11.1 Å². The van der Waals surface area contributed by atoms with Crippen LogP contribution in [-0.2, 0) is 4.79 Å². The predicted octanol–water partition coefficient (Wildman–Crippen LogP) is 1.23. The fourth-order valence-electron chi connectivity index (χ4n) is 1.66. The molecule has 1 radical (unpaired) electrons. The molecule has 1 saturated carbocycles. The van der Waals surface area contributed by atoms with Crippen LogP contribution >= 0.6 is 0 Å². The summed E-state index contributed by atoms with van der Waals surface area (Å²) in [6, 6.07) is -0.119. The Hall–Kier alpha value is -0.570. The summed E-state index contributed by atoms with van der Waals surface area (Å²) in [5.74, 6) is 0.196. The lowest BCUT2D eigenvalue weighted by Gasteiger charge is -2.25. The van der Waals surface area contributed by atoms with Gasteiger partial charge in [0.1, 0.15) is 0 Å². The van der Waals surface area contributed by atoms with Crippen LogP contribution in [0.25, 0.3) is 0 Å². The van der Waals surface area contributed by atoms with E-state index in [0.717, 1.165) is 12.8 Å². The Morgan fingerprint density at radius 2 is 2.21 bits per heavy atom. The zero-order valence-electron chi connectivity index (χ0n) is 9.12. The van der Waals surface area contributed by atoms with Crippen molar-refractivity contribution < 1.29 is 4.79 Å². The molecule has 1 aliphatic rings. The lowest BCUT2D eigenvalue weighted by molar-refractivity contribution is -0.123. The first-order valence-electron chi connectivity index (χ1n) is 5.50. The second-order valence-electron chi connectivity index (χ2n) is 4.41. The Morgan fingerprint density at radius 1 is 1.50 bits per heavy atom. The number of hydrogen-bond acceptors (Lipinski definition) is 2. The van der Waals surface area contributed by atoms with E-state index in [1.165, 1.54) is 12.8 Å². The lowest BCUT2D eigenvalue weighted by Crippen LogP contribution is -2.48. The molecule has 0 spiro atoms. The minimum absolute atomic E-state index is 0.0110. The van der Waals surface area contributed by atoms with Crippen molar-refractivity contribution in [3.8, 4) is 0 Å². The van der Waals surface area contributed by atoms with Crippen LogP contribution in [-0.4, -0.2) is 18.0 Å². The van der Waals surface area contributed by atoms with Gasteiger partial charge in [-0.2, -0.15) is 0 Å². The average Bonchev–Trinajstić information content (AvgIpc) is 2.18. The summed E-state index contributed by atoms with van der Waals surface area (Å²) in [4.78, 5) is 11.6. The summed E-state index contributed by atoms with van der Waals surface area (Å²) in [6.45, 7) is 3.93. The highest BCUT2D eigenvalue weighted by atomic mass is 16.2. The zero-order chi connectivity index (χ0) is 10.6. The van der Waals surface area contributed by atoms with Crippen molar-refractivity contribution in [3.05, 3.63) is 6.42 Å². The maximum atomic E-state index is 11.6. The Bertz CT molecular complexity index is 186. The Balaban J connectivity index is 2.31. The largest absolute Gasteiger partial charge is 0.352 e. The van der Waals surface area contributed by atoms with Gasteiger partial charge in [-0.3, -0.25) is 4.79 Å².